The van der Waals surface area contributed by atoms with Gasteiger partial charge in [0, 0.05) is 19.1 Å². The van der Waals surface area contributed by atoms with Crippen LogP contribution < -0.4 is 0 Å². The number of hydrogen-bond acceptors (Lipinski definition) is 4. The molecule has 1 atom stereocenters. The standard InChI is InChI=1S/C17H28N2O3/c1-13(15-7-6-12-21-15)18(5)14-8-10-19(11-9-14)16(20)22-17(2,3)4/h6-7,12-14H,8-11H2,1-5H3/t13-/m0/s1. The molecule has 22 heavy (non-hydrogen) atoms. The first-order valence-electron chi connectivity index (χ1n) is 8.01. The van der Waals surface area contributed by atoms with Gasteiger partial charge in [0.05, 0.1) is 12.3 Å². The number of piperidine rings is 1. The average molecular weight is 308 g/mol. The summed E-state index contributed by atoms with van der Waals surface area (Å²) in [6.07, 6.45) is 3.43. The van der Waals surface area contributed by atoms with Crippen LogP contribution in [0.4, 0.5) is 4.79 Å². The van der Waals surface area contributed by atoms with Gasteiger partial charge in [-0.15, -0.1) is 0 Å². The molecule has 0 spiro atoms. The Kier molecular flexibility index (Phi) is 5.16. The first kappa shape index (κ1) is 16.9. The first-order chi connectivity index (χ1) is 10.3. The van der Waals surface area contributed by atoms with E-state index in [0.29, 0.717) is 6.04 Å². The Hall–Kier alpha value is -1.49. The van der Waals surface area contributed by atoms with Crippen molar-refractivity contribution in [3.05, 3.63) is 24.2 Å². The largest absolute Gasteiger partial charge is 0.468 e. The topological polar surface area (TPSA) is 45.9 Å². The van der Waals surface area contributed by atoms with E-state index in [1.165, 1.54) is 0 Å². The fourth-order valence-corrected chi connectivity index (χ4v) is 2.83. The van der Waals surface area contributed by atoms with E-state index < -0.39 is 5.60 Å². The lowest BCUT2D eigenvalue weighted by atomic mass is 10.0. The maximum atomic E-state index is 12.1. The number of ether oxygens (including phenoxy) is 1. The van der Waals surface area contributed by atoms with E-state index in [4.69, 9.17) is 9.15 Å². The Balaban J connectivity index is 1.85. The molecule has 2 heterocycles. The summed E-state index contributed by atoms with van der Waals surface area (Å²) in [5, 5.41) is 0. The highest BCUT2D eigenvalue weighted by Gasteiger charge is 2.30. The predicted octanol–water partition coefficient (Wildman–Crippen LogP) is 3.67. The summed E-state index contributed by atoms with van der Waals surface area (Å²) in [6, 6.07) is 4.63. The second kappa shape index (κ2) is 6.73. The number of nitrogens with zero attached hydrogens (tertiary/aromatic N) is 2. The van der Waals surface area contributed by atoms with Crippen LogP contribution in [-0.2, 0) is 4.74 Å². The molecule has 2 rings (SSSR count). The van der Waals surface area contributed by atoms with Crippen LogP contribution >= 0.6 is 0 Å². The van der Waals surface area contributed by atoms with Crippen LogP contribution in [0.2, 0.25) is 0 Å². The maximum absolute atomic E-state index is 12.1. The lowest BCUT2D eigenvalue weighted by Gasteiger charge is -2.39. The molecule has 1 amide bonds. The van der Waals surface area contributed by atoms with Crippen molar-refractivity contribution in [1.29, 1.82) is 0 Å². The quantitative estimate of drug-likeness (QED) is 0.854. The molecule has 0 saturated carbocycles. The minimum absolute atomic E-state index is 0.201. The van der Waals surface area contributed by atoms with Crippen LogP contribution in [0.3, 0.4) is 0 Å². The molecule has 5 nitrogen and oxygen atoms in total. The summed E-state index contributed by atoms with van der Waals surface area (Å²) in [4.78, 5) is 16.2. The zero-order valence-corrected chi connectivity index (χ0v) is 14.3. The number of furan rings is 1. The third kappa shape index (κ3) is 4.26. The van der Waals surface area contributed by atoms with Gasteiger partial charge in [0.2, 0.25) is 0 Å². The SMILES string of the molecule is C[C@@H](c1ccco1)N(C)C1CCN(C(=O)OC(C)(C)C)CC1. The summed E-state index contributed by atoms with van der Waals surface area (Å²) in [6.45, 7) is 9.34. The van der Waals surface area contributed by atoms with E-state index in [1.807, 2.05) is 37.8 Å². The smallest absolute Gasteiger partial charge is 0.410 e. The second-order valence-corrected chi connectivity index (χ2v) is 7.06. The van der Waals surface area contributed by atoms with Crippen molar-refractivity contribution in [1.82, 2.24) is 9.80 Å². The van der Waals surface area contributed by atoms with Crippen LogP contribution in [0.15, 0.2) is 22.8 Å². The molecule has 1 aliphatic heterocycles. The minimum Gasteiger partial charge on any atom is -0.468 e. The molecular weight excluding hydrogens is 280 g/mol. The van der Waals surface area contributed by atoms with Crippen molar-refractivity contribution >= 4 is 6.09 Å². The molecule has 0 aromatic carbocycles. The molecule has 0 unspecified atom stereocenters. The highest BCUT2D eigenvalue weighted by atomic mass is 16.6. The van der Waals surface area contributed by atoms with Crippen LogP contribution in [0.5, 0.6) is 0 Å². The van der Waals surface area contributed by atoms with Gasteiger partial charge in [-0.3, -0.25) is 4.90 Å². The predicted molar refractivity (Wildman–Crippen MR) is 85.7 cm³/mol. The van der Waals surface area contributed by atoms with Crippen LogP contribution in [0.1, 0.15) is 52.3 Å². The number of amides is 1. The molecule has 0 radical (unpaired) electrons. The Morgan fingerprint density at radius 3 is 2.55 bits per heavy atom. The molecule has 5 heteroatoms. The zero-order chi connectivity index (χ0) is 16.3. The normalized spacial score (nSPS) is 18.5. The number of carbonyl (C=O) groups is 1. The van der Waals surface area contributed by atoms with Crippen molar-refractivity contribution in [2.45, 2.75) is 58.2 Å². The van der Waals surface area contributed by atoms with Gasteiger partial charge in [0.15, 0.2) is 0 Å². The summed E-state index contributed by atoms with van der Waals surface area (Å²) < 4.78 is 10.9. The molecule has 1 saturated heterocycles. The van der Waals surface area contributed by atoms with Crippen molar-refractivity contribution in [2.24, 2.45) is 0 Å². The van der Waals surface area contributed by atoms with Crippen LogP contribution in [-0.4, -0.2) is 47.7 Å². The Morgan fingerprint density at radius 2 is 2.05 bits per heavy atom. The van der Waals surface area contributed by atoms with E-state index in [2.05, 4.69) is 18.9 Å². The number of rotatable bonds is 3. The monoisotopic (exact) mass is 308 g/mol. The number of likely N-dealkylation sites (tertiary alicyclic amines) is 1. The Morgan fingerprint density at radius 1 is 1.41 bits per heavy atom. The molecule has 124 valence electrons. The van der Waals surface area contributed by atoms with Gasteiger partial charge in [-0.1, -0.05) is 0 Å². The zero-order valence-electron chi connectivity index (χ0n) is 14.3. The average Bonchev–Trinajstić information content (AvgIpc) is 2.98. The molecule has 0 aliphatic carbocycles. The molecule has 0 N–H and O–H groups in total. The van der Waals surface area contributed by atoms with E-state index in [-0.39, 0.29) is 12.1 Å². The van der Waals surface area contributed by atoms with E-state index in [0.717, 1.165) is 31.7 Å². The molecular formula is C17H28N2O3. The van der Waals surface area contributed by atoms with E-state index >= 15 is 0 Å². The summed E-state index contributed by atoms with van der Waals surface area (Å²) >= 11 is 0. The number of carbonyl (C=O) groups excluding carboxylic acids is 1. The number of hydrogen-bond donors (Lipinski definition) is 0. The van der Waals surface area contributed by atoms with Crippen LogP contribution in [0.25, 0.3) is 0 Å². The van der Waals surface area contributed by atoms with Gasteiger partial charge in [0.1, 0.15) is 11.4 Å². The molecule has 1 aromatic heterocycles. The van der Waals surface area contributed by atoms with Gasteiger partial charge in [-0.25, -0.2) is 4.79 Å². The van der Waals surface area contributed by atoms with E-state index in [9.17, 15) is 4.79 Å². The third-order valence-electron chi connectivity index (χ3n) is 4.26. The van der Waals surface area contributed by atoms with Crippen molar-refractivity contribution in [3.8, 4) is 0 Å². The lowest BCUT2D eigenvalue weighted by molar-refractivity contribution is 0.0131. The highest BCUT2D eigenvalue weighted by Crippen LogP contribution is 2.26. The third-order valence-corrected chi connectivity index (χ3v) is 4.26. The maximum Gasteiger partial charge on any atom is 0.410 e. The van der Waals surface area contributed by atoms with Crippen LogP contribution in [0, 0.1) is 0 Å². The van der Waals surface area contributed by atoms with Gasteiger partial charge >= 0.3 is 6.09 Å². The Labute approximate surface area is 133 Å². The minimum atomic E-state index is -0.432. The summed E-state index contributed by atoms with van der Waals surface area (Å²) in [5.74, 6) is 0.983. The van der Waals surface area contributed by atoms with Gasteiger partial charge in [-0.2, -0.15) is 0 Å². The van der Waals surface area contributed by atoms with Gasteiger partial charge < -0.3 is 14.1 Å². The second-order valence-electron chi connectivity index (χ2n) is 7.06. The fourth-order valence-electron chi connectivity index (χ4n) is 2.83. The molecule has 0 bridgehead atoms. The molecule has 1 aliphatic rings. The Bertz CT molecular complexity index is 471. The van der Waals surface area contributed by atoms with Crippen molar-refractivity contribution in [3.63, 3.8) is 0 Å². The fraction of sp³-hybridized carbons (Fsp3) is 0.706. The van der Waals surface area contributed by atoms with E-state index in [1.54, 1.807) is 6.26 Å². The molecule has 1 fully saturated rings. The summed E-state index contributed by atoms with van der Waals surface area (Å²) in [7, 11) is 2.13. The van der Waals surface area contributed by atoms with Crippen molar-refractivity contribution in [2.75, 3.05) is 20.1 Å². The highest BCUT2D eigenvalue weighted by molar-refractivity contribution is 5.68. The van der Waals surface area contributed by atoms with Crippen molar-refractivity contribution < 1.29 is 13.9 Å². The first-order valence-corrected chi connectivity index (χ1v) is 8.01. The van der Waals surface area contributed by atoms with Gasteiger partial charge in [-0.05, 0) is 59.7 Å². The molecule has 1 aromatic rings. The van der Waals surface area contributed by atoms with Gasteiger partial charge in [0.25, 0.3) is 0 Å². The lowest BCUT2D eigenvalue weighted by Crippen LogP contribution is -2.47. The summed E-state index contributed by atoms with van der Waals surface area (Å²) in [5.41, 5.74) is -0.432.